The van der Waals surface area contributed by atoms with Crippen molar-refractivity contribution in [3.8, 4) is 67.5 Å². The molecular formula is C42H38O4. The first kappa shape index (κ1) is 30.5. The van der Waals surface area contributed by atoms with Crippen molar-refractivity contribution in [2.45, 2.75) is 12.8 Å². The summed E-state index contributed by atoms with van der Waals surface area (Å²) in [6.07, 6.45) is 1.68. The van der Waals surface area contributed by atoms with Crippen LogP contribution in [0.5, 0.6) is 23.0 Å². The molecule has 0 spiro atoms. The fraction of sp³-hybridized carbons (Fsp3) is 0.0952. The van der Waals surface area contributed by atoms with E-state index in [1.54, 1.807) is 0 Å². The number of benzene rings is 6. The lowest BCUT2D eigenvalue weighted by Crippen LogP contribution is -2.07. The third-order valence-electron chi connectivity index (χ3n) is 8.25. The van der Waals surface area contributed by atoms with Gasteiger partial charge in [-0.15, -0.1) is 0 Å². The third-order valence-corrected chi connectivity index (χ3v) is 8.25. The number of phenols is 2. The van der Waals surface area contributed by atoms with Gasteiger partial charge in [0.05, 0.1) is 11.1 Å². The van der Waals surface area contributed by atoms with Gasteiger partial charge in [0.15, 0.2) is 0 Å². The van der Waals surface area contributed by atoms with Crippen LogP contribution in [0.3, 0.4) is 0 Å². The number of aromatic hydroxyl groups is 2. The Hall–Kier alpha value is -5.48. The second-order valence-corrected chi connectivity index (χ2v) is 11.2. The molecular weight excluding hydrogens is 568 g/mol. The highest BCUT2D eigenvalue weighted by molar-refractivity contribution is 5.85. The van der Waals surface area contributed by atoms with Crippen LogP contribution in [-0.2, 0) is 8.73 Å². The fourth-order valence-electron chi connectivity index (χ4n) is 5.88. The van der Waals surface area contributed by atoms with Gasteiger partial charge in [-0.1, -0.05) is 121 Å². The summed E-state index contributed by atoms with van der Waals surface area (Å²) in [6.45, 7) is 1.29. The van der Waals surface area contributed by atoms with E-state index in [1.165, 1.54) is 0 Å². The predicted octanol–water partition coefficient (Wildman–Crippen LogP) is 11.4. The van der Waals surface area contributed by atoms with Crippen LogP contribution in [0.15, 0.2) is 146 Å². The Morgan fingerprint density at radius 3 is 1.11 bits per heavy atom. The molecule has 0 bridgehead atoms. The van der Waals surface area contributed by atoms with Gasteiger partial charge in [-0.25, -0.2) is 0 Å². The molecule has 230 valence electrons. The first-order chi connectivity index (χ1) is 22.5. The number of para-hydroxylation sites is 4. The molecule has 0 fully saturated rings. The van der Waals surface area contributed by atoms with Gasteiger partial charge in [0.1, 0.15) is 24.7 Å². The topological polar surface area (TPSA) is 45.9 Å². The molecule has 0 saturated heterocycles. The SMILES string of the molecule is [CH2-][O+](CCCC[O+]([CH2-])c1ccccc1-c1cccc(-c2ccccc2)c1O)c1ccccc1-c1cccc(-c2ccccc2)c1O. The lowest BCUT2D eigenvalue weighted by molar-refractivity contribution is 0.00545. The molecule has 0 aliphatic rings. The number of unbranched alkanes of at least 4 members (excludes halogenated alkanes) is 1. The second-order valence-electron chi connectivity index (χ2n) is 11.2. The van der Waals surface area contributed by atoms with Crippen molar-refractivity contribution in [2.24, 2.45) is 0 Å². The minimum absolute atomic E-state index is 0.248. The van der Waals surface area contributed by atoms with E-state index in [1.807, 2.05) is 146 Å². The molecule has 6 aromatic carbocycles. The maximum atomic E-state index is 11.3. The van der Waals surface area contributed by atoms with Crippen molar-refractivity contribution >= 4 is 0 Å². The van der Waals surface area contributed by atoms with Crippen molar-refractivity contribution in [1.29, 1.82) is 0 Å². The van der Waals surface area contributed by atoms with Crippen LogP contribution in [0.25, 0.3) is 44.5 Å². The molecule has 6 rings (SSSR count). The molecule has 4 nitrogen and oxygen atoms in total. The summed E-state index contributed by atoms with van der Waals surface area (Å²) >= 11 is 0. The standard InChI is InChI=1S/C42H38O4/c1-45(39-27-11-9-21-35(39)37-25-15-23-33(41(37)43)31-17-5-3-6-18-31)29-13-14-30-46(2)40-28-12-10-22-36(40)38-26-16-24-34(42(38)44)32-19-7-4-8-20-32/h3-12,15-28,43-44H,1-2,13-14,29-30H2. The molecule has 6 aromatic rings. The third kappa shape index (κ3) is 6.47. The Morgan fingerprint density at radius 2 is 0.696 bits per heavy atom. The van der Waals surface area contributed by atoms with E-state index in [9.17, 15) is 10.2 Å². The molecule has 4 heteroatoms. The van der Waals surface area contributed by atoms with Crippen LogP contribution in [0.2, 0.25) is 0 Å². The minimum atomic E-state index is 0.248. The van der Waals surface area contributed by atoms with Gasteiger partial charge in [-0.05, 0) is 37.5 Å². The first-order valence-corrected chi connectivity index (χ1v) is 15.5. The first-order valence-electron chi connectivity index (χ1n) is 15.5. The van der Waals surface area contributed by atoms with E-state index in [0.29, 0.717) is 13.2 Å². The molecule has 0 unspecified atom stereocenters. The van der Waals surface area contributed by atoms with Crippen molar-refractivity contribution < 1.29 is 18.9 Å². The van der Waals surface area contributed by atoms with Gasteiger partial charge in [0, 0.05) is 47.2 Å². The zero-order chi connectivity index (χ0) is 31.9. The Labute approximate surface area is 271 Å². The Bertz CT molecular complexity index is 1760. The molecule has 0 aromatic heterocycles. The molecule has 2 N–H and O–H groups in total. The van der Waals surface area contributed by atoms with Gasteiger partial charge in [-0.3, -0.25) is 0 Å². The highest BCUT2D eigenvalue weighted by Gasteiger charge is 2.19. The van der Waals surface area contributed by atoms with Gasteiger partial charge in [0.25, 0.3) is 0 Å². The average Bonchev–Trinajstić information content (AvgIpc) is 3.11. The summed E-state index contributed by atoms with van der Waals surface area (Å²) in [5.74, 6) is 2.25. The van der Waals surface area contributed by atoms with Crippen molar-refractivity contribution in [1.82, 2.24) is 0 Å². The van der Waals surface area contributed by atoms with E-state index in [4.69, 9.17) is 0 Å². The summed E-state index contributed by atoms with van der Waals surface area (Å²) in [4.78, 5) is 0. The predicted molar refractivity (Wildman–Crippen MR) is 189 cm³/mol. The number of hydrogen-bond acceptors (Lipinski definition) is 2. The van der Waals surface area contributed by atoms with E-state index >= 15 is 0 Å². The Kier molecular flexibility index (Phi) is 9.35. The monoisotopic (exact) mass is 606 g/mol. The van der Waals surface area contributed by atoms with Gasteiger partial charge in [0.2, 0.25) is 11.5 Å². The molecule has 0 aliphatic carbocycles. The van der Waals surface area contributed by atoms with Gasteiger partial charge < -0.3 is 18.9 Å². The summed E-state index contributed by atoms with van der Waals surface area (Å²) in [6, 6.07) is 47.5. The molecule has 46 heavy (non-hydrogen) atoms. The fourth-order valence-corrected chi connectivity index (χ4v) is 5.88. The number of phenolic OH excluding ortho intramolecular Hbond substituents is 2. The van der Waals surface area contributed by atoms with Gasteiger partial charge >= 0.3 is 0 Å². The van der Waals surface area contributed by atoms with Crippen LogP contribution in [0.4, 0.5) is 0 Å². The van der Waals surface area contributed by atoms with E-state index in [2.05, 4.69) is 23.0 Å². The number of hydrogen-bond donors (Lipinski definition) is 2. The number of rotatable bonds is 11. The summed E-state index contributed by atoms with van der Waals surface area (Å²) in [7, 11) is 8.56. The maximum Gasteiger partial charge on any atom is 0.234 e. The molecule has 0 heterocycles. The normalized spacial score (nSPS) is 10.9. The van der Waals surface area contributed by atoms with Crippen LogP contribution >= 0.6 is 0 Å². The summed E-state index contributed by atoms with van der Waals surface area (Å²) < 4.78 is 5.95. The highest BCUT2D eigenvalue weighted by atomic mass is 16.7. The zero-order valence-corrected chi connectivity index (χ0v) is 25.8. The van der Waals surface area contributed by atoms with Crippen LogP contribution in [0.1, 0.15) is 12.8 Å². The zero-order valence-electron chi connectivity index (χ0n) is 25.8. The Morgan fingerprint density at radius 1 is 0.370 bits per heavy atom. The van der Waals surface area contributed by atoms with E-state index in [-0.39, 0.29) is 11.5 Å². The van der Waals surface area contributed by atoms with Crippen LogP contribution in [-0.4, -0.2) is 23.4 Å². The van der Waals surface area contributed by atoms with Gasteiger partial charge in [-0.2, -0.15) is 0 Å². The summed E-state index contributed by atoms with van der Waals surface area (Å²) in [5, 5.41) is 22.6. The smallest absolute Gasteiger partial charge is 0.234 e. The van der Waals surface area contributed by atoms with E-state index < -0.39 is 0 Å². The van der Waals surface area contributed by atoms with Crippen LogP contribution in [0, 0.1) is 14.2 Å². The van der Waals surface area contributed by atoms with Crippen LogP contribution < -0.4 is 0 Å². The minimum Gasteiger partial charge on any atom is -0.711 e. The average molecular weight is 607 g/mol. The maximum absolute atomic E-state index is 11.3. The van der Waals surface area contributed by atoms with E-state index in [0.717, 1.165) is 68.8 Å². The molecule has 0 radical (unpaired) electrons. The lowest BCUT2D eigenvalue weighted by Gasteiger charge is -2.31. The lowest BCUT2D eigenvalue weighted by atomic mass is 9.97. The quantitative estimate of drug-likeness (QED) is 0.0875. The highest BCUT2D eigenvalue weighted by Crippen LogP contribution is 2.45. The molecule has 0 saturated carbocycles. The molecule has 0 aliphatic heterocycles. The van der Waals surface area contributed by atoms with Crippen molar-refractivity contribution in [3.63, 3.8) is 0 Å². The van der Waals surface area contributed by atoms with Crippen molar-refractivity contribution in [3.05, 3.63) is 160 Å². The summed E-state index contributed by atoms with van der Waals surface area (Å²) in [5.41, 5.74) is 6.84. The second kappa shape index (κ2) is 14.1. The molecule has 0 amide bonds. The molecule has 0 atom stereocenters. The Balaban J connectivity index is 1.14. The van der Waals surface area contributed by atoms with Crippen molar-refractivity contribution in [2.75, 3.05) is 13.2 Å². The largest absolute Gasteiger partial charge is 0.711 e.